The summed E-state index contributed by atoms with van der Waals surface area (Å²) < 4.78 is 0. The lowest BCUT2D eigenvalue weighted by atomic mass is 9.84. The van der Waals surface area contributed by atoms with Crippen LogP contribution in [0, 0.1) is 5.92 Å². The number of nitrogen functional groups attached to an aromatic ring is 1. The first kappa shape index (κ1) is 14.4. The third-order valence-electron chi connectivity index (χ3n) is 4.20. The molecular weight excluding hydrogens is 256 g/mol. The van der Waals surface area contributed by atoms with Crippen molar-refractivity contribution in [2.75, 3.05) is 23.9 Å². The van der Waals surface area contributed by atoms with Crippen LogP contribution in [0.25, 0.3) is 0 Å². The minimum atomic E-state index is 0.559. The Hall–Kier alpha value is -0.970. The Kier molecular flexibility index (Phi) is 4.91. The summed E-state index contributed by atoms with van der Waals surface area (Å²) in [6, 6.07) is 2.47. The molecule has 0 aliphatic heterocycles. The molecule has 1 heterocycles. The molecule has 1 saturated carbocycles. The zero-order chi connectivity index (χ0) is 13.8. The van der Waals surface area contributed by atoms with Crippen molar-refractivity contribution < 1.29 is 0 Å². The maximum Gasteiger partial charge on any atom is 0.191 e. The third kappa shape index (κ3) is 3.53. The molecule has 1 aliphatic carbocycles. The van der Waals surface area contributed by atoms with Gasteiger partial charge in [0.15, 0.2) is 5.16 Å². The van der Waals surface area contributed by atoms with E-state index < -0.39 is 0 Å². The molecule has 0 aromatic carbocycles. The van der Waals surface area contributed by atoms with Gasteiger partial charge in [0.2, 0.25) is 0 Å². The normalized spacial score (nSPS) is 23.3. The number of thioether (sulfide) groups is 1. The average molecular weight is 280 g/mol. The fraction of sp³-hybridized carbons (Fsp3) is 0.714. The summed E-state index contributed by atoms with van der Waals surface area (Å²) in [7, 11) is 2.13. The summed E-state index contributed by atoms with van der Waals surface area (Å²) in [5.41, 5.74) is 5.85. The highest BCUT2D eigenvalue weighted by atomic mass is 32.2. The summed E-state index contributed by atoms with van der Waals surface area (Å²) in [4.78, 5) is 11.1. The first-order chi connectivity index (χ1) is 9.13. The number of rotatable bonds is 4. The van der Waals surface area contributed by atoms with Gasteiger partial charge in [-0.05, 0) is 37.9 Å². The zero-order valence-corrected chi connectivity index (χ0v) is 12.9. The van der Waals surface area contributed by atoms with Crippen molar-refractivity contribution in [2.45, 2.75) is 50.2 Å². The Balaban J connectivity index is 2.07. The molecule has 19 heavy (non-hydrogen) atoms. The fourth-order valence-electron chi connectivity index (χ4n) is 2.83. The number of hydrogen-bond donors (Lipinski definition) is 1. The molecule has 0 radical (unpaired) electrons. The predicted octanol–water partition coefficient (Wildman–Crippen LogP) is 3.19. The molecule has 2 rings (SSSR count). The van der Waals surface area contributed by atoms with E-state index in [2.05, 4.69) is 28.8 Å². The molecule has 5 heteroatoms. The minimum Gasteiger partial charge on any atom is -0.383 e. The lowest BCUT2D eigenvalue weighted by Crippen LogP contribution is -2.35. The molecule has 106 valence electrons. The van der Waals surface area contributed by atoms with E-state index in [1.165, 1.54) is 43.9 Å². The van der Waals surface area contributed by atoms with Gasteiger partial charge in [-0.3, -0.25) is 0 Å². The first-order valence-corrected chi connectivity index (χ1v) is 8.27. The second-order valence-corrected chi connectivity index (χ2v) is 6.10. The van der Waals surface area contributed by atoms with E-state index in [-0.39, 0.29) is 0 Å². The summed E-state index contributed by atoms with van der Waals surface area (Å²) >= 11 is 1.54. The Morgan fingerprint density at radius 3 is 2.58 bits per heavy atom. The molecule has 0 unspecified atom stereocenters. The van der Waals surface area contributed by atoms with Crippen LogP contribution in [-0.4, -0.2) is 29.3 Å². The van der Waals surface area contributed by atoms with Crippen LogP contribution in [0.3, 0.4) is 0 Å². The summed E-state index contributed by atoms with van der Waals surface area (Å²) in [6.45, 7) is 2.30. The van der Waals surface area contributed by atoms with E-state index in [1.54, 1.807) is 0 Å². The molecule has 0 atom stereocenters. The number of aromatic nitrogens is 2. The highest BCUT2D eigenvalue weighted by Gasteiger charge is 2.24. The molecule has 1 aromatic heterocycles. The molecule has 0 bridgehead atoms. The van der Waals surface area contributed by atoms with Gasteiger partial charge < -0.3 is 10.6 Å². The van der Waals surface area contributed by atoms with Crippen LogP contribution in [0.4, 0.5) is 11.6 Å². The van der Waals surface area contributed by atoms with Gasteiger partial charge in [0, 0.05) is 19.2 Å². The van der Waals surface area contributed by atoms with E-state index in [1.807, 2.05) is 12.3 Å². The standard InChI is InChI=1S/C14H24N4S/c1-4-10-5-7-11(8-6-10)18(2)13-9-12(15)16-14(17-13)19-3/h9-11H,4-8H2,1-3H3,(H2,15,16,17). The fourth-order valence-corrected chi connectivity index (χ4v) is 3.21. The van der Waals surface area contributed by atoms with Crippen molar-refractivity contribution in [3.05, 3.63) is 6.07 Å². The van der Waals surface area contributed by atoms with Crippen LogP contribution in [0.5, 0.6) is 0 Å². The van der Waals surface area contributed by atoms with Gasteiger partial charge in [-0.1, -0.05) is 25.1 Å². The lowest BCUT2D eigenvalue weighted by molar-refractivity contribution is 0.312. The second kappa shape index (κ2) is 6.46. The molecule has 1 aliphatic rings. The van der Waals surface area contributed by atoms with Crippen molar-refractivity contribution in [2.24, 2.45) is 5.92 Å². The zero-order valence-electron chi connectivity index (χ0n) is 12.1. The van der Waals surface area contributed by atoms with Crippen LogP contribution in [0.15, 0.2) is 11.2 Å². The maximum atomic E-state index is 5.85. The third-order valence-corrected chi connectivity index (χ3v) is 4.74. The largest absolute Gasteiger partial charge is 0.383 e. The SMILES string of the molecule is CCC1CCC(N(C)c2cc(N)nc(SC)n2)CC1. The topological polar surface area (TPSA) is 55.0 Å². The molecule has 2 N–H and O–H groups in total. The highest BCUT2D eigenvalue weighted by molar-refractivity contribution is 7.98. The number of nitrogens with two attached hydrogens (primary N) is 1. The number of nitrogens with zero attached hydrogens (tertiary/aromatic N) is 3. The van der Waals surface area contributed by atoms with Crippen molar-refractivity contribution in [1.82, 2.24) is 9.97 Å². The highest BCUT2D eigenvalue weighted by Crippen LogP contribution is 2.31. The van der Waals surface area contributed by atoms with Gasteiger partial charge in [-0.15, -0.1) is 0 Å². The number of anilines is 2. The minimum absolute atomic E-state index is 0.559. The van der Waals surface area contributed by atoms with E-state index >= 15 is 0 Å². The molecule has 0 saturated heterocycles. The summed E-state index contributed by atoms with van der Waals surface area (Å²) in [5.74, 6) is 2.43. The van der Waals surface area contributed by atoms with E-state index in [9.17, 15) is 0 Å². The summed E-state index contributed by atoms with van der Waals surface area (Å²) in [5, 5.41) is 0.754. The molecule has 0 spiro atoms. The Morgan fingerprint density at radius 2 is 2.00 bits per heavy atom. The number of hydrogen-bond acceptors (Lipinski definition) is 5. The first-order valence-electron chi connectivity index (χ1n) is 7.05. The molecule has 1 fully saturated rings. The second-order valence-electron chi connectivity index (χ2n) is 5.33. The molecule has 0 amide bonds. The predicted molar refractivity (Wildman–Crippen MR) is 82.7 cm³/mol. The lowest BCUT2D eigenvalue weighted by Gasteiger charge is -2.35. The van der Waals surface area contributed by atoms with Crippen LogP contribution in [0.1, 0.15) is 39.0 Å². The van der Waals surface area contributed by atoms with Crippen LogP contribution >= 0.6 is 11.8 Å². The summed E-state index contributed by atoms with van der Waals surface area (Å²) in [6.07, 6.45) is 8.47. The van der Waals surface area contributed by atoms with Gasteiger partial charge in [-0.2, -0.15) is 0 Å². The van der Waals surface area contributed by atoms with Gasteiger partial charge in [-0.25, -0.2) is 9.97 Å². The molecule has 4 nitrogen and oxygen atoms in total. The van der Waals surface area contributed by atoms with Gasteiger partial charge in [0.25, 0.3) is 0 Å². The van der Waals surface area contributed by atoms with Crippen LogP contribution in [0.2, 0.25) is 0 Å². The Morgan fingerprint density at radius 1 is 1.32 bits per heavy atom. The van der Waals surface area contributed by atoms with Gasteiger partial charge in [0.1, 0.15) is 11.6 Å². The maximum absolute atomic E-state index is 5.85. The van der Waals surface area contributed by atoms with Crippen LogP contribution < -0.4 is 10.6 Å². The average Bonchev–Trinajstić information content (AvgIpc) is 2.46. The van der Waals surface area contributed by atoms with E-state index in [0.717, 1.165) is 16.9 Å². The van der Waals surface area contributed by atoms with Crippen LogP contribution in [-0.2, 0) is 0 Å². The van der Waals surface area contributed by atoms with Crippen molar-refractivity contribution in [3.8, 4) is 0 Å². The quantitative estimate of drug-likeness (QED) is 0.678. The van der Waals surface area contributed by atoms with Crippen molar-refractivity contribution >= 4 is 23.4 Å². The van der Waals surface area contributed by atoms with E-state index in [0.29, 0.717) is 11.9 Å². The Labute approximate surface area is 120 Å². The van der Waals surface area contributed by atoms with Gasteiger partial charge in [0.05, 0.1) is 0 Å². The van der Waals surface area contributed by atoms with Gasteiger partial charge >= 0.3 is 0 Å². The van der Waals surface area contributed by atoms with E-state index in [4.69, 9.17) is 5.73 Å². The molecular formula is C14H24N4S. The van der Waals surface area contributed by atoms with Crippen molar-refractivity contribution in [3.63, 3.8) is 0 Å². The monoisotopic (exact) mass is 280 g/mol. The smallest absolute Gasteiger partial charge is 0.191 e. The van der Waals surface area contributed by atoms with Crippen molar-refractivity contribution in [1.29, 1.82) is 0 Å². The molecule has 1 aromatic rings. The Bertz CT molecular complexity index is 416.